The van der Waals surface area contributed by atoms with E-state index >= 15 is 0 Å². The monoisotopic (exact) mass is 498 g/mol. The van der Waals surface area contributed by atoms with Crippen LogP contribution in [0.15, 0.2) is 40.9 Å². The Labute approximate surface area is 206 Å². The number of hydrogen-bond acceptors (Lipinski definition) is 7. The van der Waals surface area contributed by atoms with Crippen LogP contribution in [0.5, 0.6) is 0 Å². The molecule has 2 heterocycles. The average molecular weight is 499 g/mol. The van der Waals surface area contributed by atoms with Gasteiger partial charge >= 0.3 is 0 Å². The van der Waals surface area contributed by atoms with Gasteiger partial charge in [0, 0.05) is 24.1 Å². The van der Waals surface area contributed by atoms with Gasteiger partial charge in [0.25, 0.3) is 5.91 Å². The summed E-state index contributed by atoms with van der Waals surface area (Å²) in [4.78, 5) is 12.5. The van der Waals surface area contributed by atoms with E-state index in [1.54, 1.807) is 17.4 Å². The van der Waals surface area contributed by atoms with Gasteiger partial charge < -0.3 is 14.3 Å². The summed E-state index contributed by atoms with van der Waals surface area (Å²) in [6, 6.07) is 11.5. The highest BCUT2D eigenvalue weighted by Gasteiger charge is 2.39. The fourth-order valence-corrected chi connectivity index (χ4v) is 6.21. The zero-order chi connectivity index (χ0) is 24.5. The van der Waals surface area contributed by atoms with E-state index in [2.05, 4.69) is 61.5 Å². The second kappa shape index (κ2) is 9.71. The fourth-order valence-electron chi connectivity index (χ4n) is 3.83. The molecule has 4 rings (SSSR count). The second-order valence-corrected chi connectivity index (χ2v) is 16.6. The van der Waals surface area contributed by atoms with E-state index < -0.39 is 8.32 Å². The topological polar surface area (TPSA) is 90.1 Å². The molecule has 1 aliphatic carbocycles. The minimum Gasteiger partial charge on any atom is -0.408 e. The van der Waals surface area contributed by atoms with Crippen LogP contribution in [0.2, 0.25) is 18.1 Å². The normalized spacial score (nSPS) is 19.5. The Bertz CT molecular complexity index is 1120. The van der Waals surface area contributed by atoms with Crippen LogP contribution in [0.4, 0.5) is 0 Å². The smallest absolute Gasteiger partial charge is 0.290 e. The van der Waals surface area contributed by atoms with Crippen LogP contribution in [-0.4, -0.2) is 35.6 Å². The summed E-state index contributed by atoms with van der Waals surface area (Å²) in [5, 5.41) is 18.0. The standard InChI is InChI=1S/C25H34N4O3SSi/c1-16(32-34(5,6)25(2,3)4)24-28-27-22(33-24)14-17-12-19(13-17)26-23(30)21-15-20(29-31-21)18-10-8-7-9-11-18/h7-11,15-17,19H,12-14H2,1-6H3,(H,26,30)/t16-,17?,19?/m1/s1. The first-order chi connectivity index (χ1) is 16.0. The molecule has 1 N–H and O–H groups in total. The Balaban J connectivity index is 1.24. The molecule has 0 radical (unpaired) electrons. The van der Waals surface area contributed by atoms with Crippen molar-refractivity contribution in [3.8, 4) is 11.3 Å². The lowest BCUT2D eigenvalue weighted by atomic mass is 9.78. The summed E-state index contributed by atoms with van der Waals surface area (Å²) in [7, 11) is -1.85. The Hall–Kier alpha value is -2.36. The molecule has 9 heteroatoms. The van der Waals surface area contributed by atoms with Gasteiger partial charge in [-0.25, -0.2) is 0 Å². The maximum atomic E-state index is 12.5. The molecule has 7 nitrogen and oxygen atoms in total. The third-order valence-electron chi connectivity index (χ3n) is 6.95. The van der Waals surface area contributed by atoms with E-state index in [0.717, 1.165) is 34.8 Å². The van der Waals surface area contributed by atoms with Crippen LogP contribution in [0.25, 0.3) is 11.3 Å². The number of aromatic nitrogens is 3. The molecule has 1 fully saturated rings. The van der Waals surface area contributed by atoms with Gasteiger partial charge in [0.1, 0.15) is 15.7 Å². The van der Waals surface area contributed by atoms with E-state index in [-0.39, 0.29) is 28.9 Å². The number of nitrogens with one attached hydrogen (secondary N) is 1. The molecule has 34 heavy (non-hydrogen) atoms. The van der Waals surface area contributed by atoms with Crippen LogP contribution in [-0.2, 0) is 10.8 Å². The second-order valence-electron chi connectivity index (χ2n) is 10.7. The maximum Gasteiger partial charge on any atom is 0.290 e. The van der Waals surface area contributed by atoms with Gasteiger partial charge in [0.15, 0.2) is 8.32 Å². The van der Waals surface area contributed by atoms with Crippen molar-refractivity contribution in [3.05, 3.63) is 52.2 Å². The predicted octanol–water partition coefficient (Wildman–Crippen LogP) is 6.03. The molecule has 182 valence electrons. The summed E-state index contributed by atoms with van der Waals surface area (Å²) >= 11 is 1.65. The van der Waals surface area contributed by atoms with Crippen LogP contribution >= 0.6 is 11.3 Å². The molecule has 3 aromatic rings. The molecule has 1 saturated carbocycles. The lowest BCUT2D eigenvalue weighted by Gasteiger charge is -2.37. The van der Waals surface area contributed by atoms with Crippen molar-refractivity contribution in [2.45, 2.75) is 77.2 Å². The van der Waals surface area contributed by atoms with E-state index in [0.29, 0.717) is 11.6 Å². The van der Waals surface area contributed by atoms with Crippen LogP contribution in [0.3, 0.4) is 0 Å². The molecule has 1 aromatic carbocycles. The summed E-state index contributed by atoms with van der Waals surface area (Å²) in [5.74, 6) is 0.525. The Morgan fingerprint density at radius 3 is 2.62 bits per heavy atom. The summed E-state index contributed by atoms with van der Waals surface area (Å²) in [6.07, 6.45) is 2.70. The molecule has 2 aromatic heterocycles. The number of nitrogens with zero attached hydrogens (tertiary/aromatic N) is 3. The Kier molecular flexibility index (Phi) is 7.07. The lowest BCUT2D eigenvalue weighted by molar-refractivity contribution is 0.0852. The molecular weight excluding hydrogens is 464 g/mol. The molecule has 0 spiro atoms. The first-order valence-electron chi connectivity index (χ1n) is 11.8. The number of rotatable bonds is 8. The van der Waals surface area contributed by atoms with Crippen LogP contribution < -0.4 is 5.32 Å². The number of amides is 1. The first kappa shape index (κ1) is 24.8. The summed E-state index contributed by atoms with van der Waals surface area (Å²) < 4.78 is 11.7. The number of benzene rings is 1. The lowest BCUT2D eigenvalue weighted by Crippen LogP contribution is -2.44. The van der Waals surface area contributed by atoms with E-state index in [1.807, 2.05) is 30.3 Å². The van der Waals surface area contributed by atoms with Gasteiger partial charge in [-0.05, 0) is 43.8 Å². The number of hydrogen-bond donors (Lipinski definition) is 1. The molecular formula is C25H34N4O3SSi. The van der Waals surface area contributed by atoms with E-state index in [4.69, 9.17) is 8.95 Å². The van der Waals surface area contributed by atoms with Gasteiger partial charge in [-0.2, -0.15) is 0 Å². The predicted molar refractivity (Wildman–Crippen MR) is 136 cm³/mol. The van der Waals surface area contributed by atoms with E-state index in [1.165, 1.54) is 0 Å². The third kappa shape index (κ3) is 5.64. The Morgan fingerprint density at radius 1 is 1.24 bits per heavy atom. The largest absolute Gasteiger partial charge is 0.408 e. The van der Waals surface area contributed by atoms with Crippen molar-refractivity contribution in [3.63, 3.8) is 0 Å². The minimum atomic E-state index is -1.85. The molecule has 0 bridgehead atoms. The third-order valence-corrected chi connectivity index (χ3v) is 12.6. The molecule has 1 atom stereocenters. The number of carbonyl (C=O) groups excluding carboxylic acids is 1. The van der Waals surface area contributed by atoms with Crippen molar-refractivity contribution in [1.82, 2.24) is 20.7 Å². The SMILES string of the molecule is C[C@@H](O[Si](C)(C)C(C)(C)C)c1nnc(CC2CC(NC(=O)c3cc(-c4ccccc4)no3)C2)s1. The molecule has 1 aliphatic rings. The van der Waals surface area contributed by atoms with Gasteiger partial charge in [-0.15, -0.1) is 10.2 Å². The fraction of sp³-hybridized carbons (Fsp3) is 0.520. The zero-order valence-corrected chi connectivity index (χ0v) is 22.6. The zero-order valence-electron chi connectivity index (χ0n) is 20.8. The van der Waals surface area contributed by atoms with Crippen molar-refractivity contribution < 1.29 is 13.7 Å². The highest BCUT2D eigenvalue weighted by molar-refractivity contribution is 7.11. The number of carbonyl (C=O) groups is 1. The first-order valence-corrected chi connectivity index (χ1v) is 15.6. The van der Waals surface area contributed by atoms with Gasteiger partial charge in [0.05, 0.1) is 6.10 Å². The van der Waals surface area contributed by atoms with Gasteiger partial charge in [-0.3, -0.25) is 4.79 Å². The highest BCUT2D eigenvalue weighted by Crippen LogP contribution is 2.40. The minimum absolute atomic E-state index is 0.0387. The average Bonchev–Trinajstić information content (AvgIpc) is 3.42. The molecule has 1 amide bonds. The van der Waals surface area contributed by atoms with Crippen molar-refractivity contribution >= 4 is 25.6 Å². The molecule has 0 saturated heterocycles. The highest BCUT2D eigenvalue weighted by atomic mass is 32.1. The van der Waals surface area contributed by atoms with Crippen LogP contribution in [0, 0.1) is 5.92 Å². The van der Waals surface area contributed by atoms with Gasteiger partial charge in [0.2, 0.25) is 5.76 Å². The molecule has 0 aliphatic heterocycles. The molecule has 0 unspecified atom stereocenters. The van der Waals surface area contributed by atoms with Crippen molar-refractivity contribution in [2.24, 2.45) is 5.92 Å². The maximum absolute atomic E-state index is 12.5. The summed E-state index contributed by atoms with van der Waals surface area (Å²) in [6.45, 7) is 13.3. The Morgan fingerprint density at radius 2 is 1.94 bits per heavy atom. The van der Waals surface area contributed by atoms with Gasteiger partial charge in [-0.1, -0.05) is 67.6 Å². The van der Waals surface area contributed by atoms with Crippen molar-refractivity contribution in [2.75, 3.05) is 0 Å². The van der Waals surface area contributed by atoms with Crippen LogP contribution in [0.1, 0.15) is 67.2 Å². The quantitative estimate of drug-likeness (QED) is 0.382. The summed E-state index contributed by atoms with van der Waals surface area (Å²) in [5.41, 5.74) is 1.59. The van der Waals surface area contributed by atoms with Crippen molar-refractivity contribution in [1.29, 1.82) is 0 Å². The van der Waals surface area contributed by atoms with E-state index in [9.17, 15) is 4.79 Å².